The van der Waals surface area contributed by atoms with Crippen LogP contribution in [0.1, 0.15) is 35.3 Å². The summed E-state index contributed by atoms with van der Waals surface area (Å²) >= 11 is 5.99. The van der Waals surface area contributed by atoms with Crippen molar-refractivity contribution in [2.75, 3.05) is 6.61 Å². The van der Waals surface area contributed by atoms with Crippen molar-refractivity contribution in [1.29, 1.82) is 5.26 Å². The summed E-state index contributed by atoms with van der Waals surface area (Å²) < 4.78 is 6.48. The number of ether oxygens (including phenoxy) is 1. The zero-order chi connectivity index (χ0) is 19.4. The highest BCUT2D eigenvalue weighted by Crippen LogP contribution is 2.26. The van der Waals surface area contributed by atoms with Crippen LogP contribution in [-0.2, 0) is 6.54 Å². The highest BCUT2D eigenvalue weighted by Gasteiger charge is 2.24. The summed E-state index contributed by atoms with van der Waals surface area (Å²) in [5.41, 5.74) is -0.721. The maximum Gasteiger partial charge on any atom is 0.271 e. The first kappa shape index (κ1) is 19.5. The summed E-state index contributed by atoms with van der Waals surface area (Å²) in [7, 11) is 0. The topological polar surface area (TPSA) is 92.3 Å². The number of nitriles is 1. The van der Waals surface area contributed by atoms with E-state index in [0.29, 0.717) is 10.8 Å². The number of ketones is 1. The van der Waals surface area contributed by atoms with Crippen molar-refractivity contribution in [3.05, 3.63) is 56.3 Å². The second-order valence-corrected chi connectivity index (χ2v) is 6.67. The van der Waals surface area contributed by atoms with Crippen LogP contribution in [0.2, 0.25) is 5.02 Å². The minimum absolute atomic E-state index is 0.0372. The lowest BCUT2D eigenvalue weighted by Gasteiger charge is -2.17. The molecule has 2 rings (SSSR count). The maximum absolute atomic E-state index is 12.6. The van der Waals surface area contributed by atoms with Gasteiger partial charge in [-0.15, -0.1) is 0 Å². The Hall–Kier alpha value is -2.78. The average Bonchev–Trinajstić information content (AvgIpc) is 2.58. The molecule has 0 atom stereocenters. The van der Waals surface area contributed by atoms with E-state index >= 15 is 0 Å². The van der Waals surface area contributed by atoms with Gasteiger partial charge in [-0.3, -0.25) is 14.2 Å². The molecule has 1 heterocycles. The predicted octanol–water partition coefficient (Wildman–Crippen LogP) is 3.31. The van der Waals surface area contributed by atoms with E-state index in [9.17, 15) is 20.0 Å². The third-order valence-corrected chi connectivity index (χ3v) is 4.13. The Bertz CT molecular complexity index is 942. The lowest BCUT2D eigenvalue weighted by Crippen LogP contribution is -2.29. The first-order valence-corrected chi connectivity index (χ1v) is 8.42. The number of carbonyl (C=O) groups excluding carboxylic acids is 1. The van der Waals surface area contributed by atoms with Crippen LogP contribution >= 0.6 is 11.6 Å². The van der Waals surface area contributed by atoms with E-state index in [4.69, 9.17) is 16.3 Å². The monoisotopic (exact) mass is 374 g/mol. The van der Waals surface area contributed by atoms with Gasteiger partial charge in [-0.25, -0.2) is 0 Å². The molecule has 136 valence electrons. The number of pyridine rings is 1. The fourth-order valence-electron chi connectivity index (χ4n) is 2.60. The van der Waals surface area contributed by atoms with Crippen molar-refractivity contribution in [2.24, 2.45) is 5.92 Å². The summed E-state index contributed by atoms with van der Waals surface area (Å²) in [5.74, 6) is -0.632. The van der Waals surface area contributed by atoms with Gasteiger partial charge in [0.1, 0.15) is 17.4 Å². The number of rotatable bonds is 6. The minimum atomic E-state index is -0.611. The smallest absolute Gasteiger partial charge is 0.271 e. The second kappa shape index (κ2) is 8.07. The van der Waals surface area contributed by atoms with Crippen LogP contribution < -0.4 is 10.3 Å². The van der Waals surface area contributed by atoms with E-state index in [2.05, 4.69) is 0 Å². The van der Waals surface area contributed by atoms with E-state index in [-0.39, 0.29) is 35.8 Å². The van der Waals surface area contributed by atoms with Gasteiger partial charge in [-0.1, -0.05) is 37.6 Å². The van der Waals surface area contributed by atoms with Crippen LogP contribution in [0.25, 0.3) is 0 Å². The fraction of sp³-hybridized carbons (Fsp3) is 0.316. The van der Waals surface area contributed by atoms with Crippen LogP contribution in [0.5, 0.6) is 11.6 Å². The largest absolute Gasteiger partial charge is 0.494 e. The molecule has 0 saturated heterocycles. The summed E-state index contributed by atoms with van der Waals surface area (Å²) in [6, 6.07) is 8.51. The van der Waals surface area contributed by atoms with E-state index < -0.39 is 17.2 Å². The molecule has 0 spiro atoms. The third-order valence-electron chi connectivity index (χ3n) is 3.82. The normalized spacial score (nSPS) is 10.6. The molecular weight excluding hydrogens is 356 g/mol. The van der Waals surface area contributed by atoms with Crippen LogP contribution in [0.3, 0.4) is 0 Å². The number of para-hydroxylation sites is 1. The first-order chi connectivity index (χ1) is 12.3. The summed E-state index contributed by atoms with van der Waals surface area (Å²) in [6.07, 6.45) is 0. The summed E-state index contributed by atoms with van der Waals surface area (Å²) in [4.78, 5) is 25.0. The van der Waals surface area contributed by atoms with Gasteiger partial charge in [-0.2, -0.15) is 5.26 Å². The second-order valence-electron chi connectivity index (χ2n) is 6.26. The van der Waals surface area contributed by atoms with Crippen molar-refractivity contribution in [2.45, 2.75) is 27.3 Å². The third kappa shape index (κ3) is 3.89. The highest BCUT2D eigenvalue weighted by molar-refractivity contribution is 6.32. The molecule has 0 unspecified atom stereocenters. The predicted molar refractivity (Wildman–Crippen MR) is 97.9 cm³/mol. The van der Waals surface area contributed by atoms with E-state index in [0.717, 1.165) is 4.57 Å². The van der Waals surface area contributed by atoms with Gasteiger partial charge in [0, 0.05) is 6.54 Å². The fourth-order valence-corrected chi connectivity index (χ4v) is 2.79. The zero-order valence-electron chi connectivity index (χ0n) is 14.7. The van der Waals surface area contributed by atoms with Crippen molar-refractivity contribution in [3.8, 4) is 17.7 Å². The van der Waals surface area contributed by atoms with Gasteiger partial charge in [0.2, 0.25) is 11.7 Å². The number of carbonyl (C=O) groups is 1. The molecule has 0 bridgehead atoms. The van der Waals surface area contributed by atoms with E-state index in [1.165, 1.54) is 6.92 Å². The number of aromatic hydroxyl groups is 1. The number of Topliss-reactive ketones (excluding diaryl/α,β-unsaturated/α-hetero) is 1. The van der Waals surface area contributed by atoms with Crippen LogP contribution in [0.15, 0.2) is 29.1 Å². The van der Waals surface area contributed by atoms with Gasteiger partial charge in [0.25, 0.3) is 5.56 Å². The molecule has 0 saturated carbocycles. The molecule has 1 N–H and O–H groups in total. The number of halogens is 1. The Morgan fingerprint density at radius 1 is 1.38 bits per heavy atom. The standard InChI is InChI=1S/C19H19ClN2O4/c1-11(2)9-22-18(24)13(8-21)12(3)17(19(22)25)15(23)10-26-16-7-5-4-6-14(16)20/h4-7,11,25H,9-10H2,1-3H3. The molecule has 0 aliphatic carbocycles. The minimum Gasteiger partial charge on any atom is -0.494 e. The summed E-state index contributed by atoms with van der Waals surface area (Å²) in [6.45, 7) is 4.98. The molecule has 26 heavy (non-hydrogen) atoms. The van der Waals surface area contributed by atoms with Crippen molar-refractivity contribution < 1.29 is 14.6 Å². The van der Waals surface area contributed by atoms with Crippen molar-refractivity contribution in [1.82, 2.24) is 4.57 Å². The Morgan fingerprint density at radius 2 is 2.04 bits per heavy atom. The van der Waals surface area contributed by atoms with Gasteiger partial charge < -0.3 is 9.84 Å². The average molecular weight is 375 g/mol. The maximum atomic E-state index is 12.6. The van der Waals surface area contributed by atoms with Crippen LogP contribution in [0, 0.1) is 24.2 Å². The molecule has 1 aromatic heterocycles. The Morgan fingerprint density at radius 3 is 2.62 bits per heavy atom. The molecule has 0 fully saturated rings. The van der Waals surface area contributed by atoms with Crippen molar-refractivity contribution >= 4 is 17.4 Å². The Kier molecular flexibility index (Phi) is 6.06. The van der Waals surface area contributed by atoms with Crippen LogP contribution in [0.4, 0.5) is 0 Å². The molecular formula is C19H19ClN2O4. The molecule has 7 heteroatoms. The molecule has 1 aromatic carbocycles. The lowest BCUT2D eigenvalue weighted by atomic mass is 10.0. The quantitative estimate of drug-likeness (QED) is 0.783. The van der Waals surface area contributed by atoms with E-state index in [1.54, 1.807) is 24.3 Å². The molecule has 6 nitrogen and oxygen atoms in total. The molecule has 0 amide bonds. The number of benzene rings is 1. The zero-order valence-corrected chi connectivity index (χ0v) is 15.5. The molecule has 2 aromatic rings. The number of hydrogen-bond acceptors (Lipinski definition) is 5. The first-order valence-electron chi connectivity index (χ1n) is 8.04. The Labute approximate surface area is 156 Å². The lowest BCUT2D eigenvalue weighted by molar-refractivity contribution is 0.0916. The van der Waals surface area contributed by atoms with Gasteiger partial charge in [-0.05, 0) is 30.5 Å². The molecule has 0 radical (unpaired) electrons. The van der Waals surface area contributed by atoms with Crippen LogP contribution in [-0.4, -0.2) is 22.1 Å². The summed E-state index contributed by atoms with van der Waals surface area (Å²) in [5, 5.41) is 20.1. The highest BCUT2D eigenvalue weighted by atomic mass is 35.5. The van der Waals surface area contributed by atoms with Gasteiger partial charge in [0.05, 0.1) is 10.6 Å². The Balaban J connectivity index is 2.44. The van der Waals surface area contributed by atoms with Gasteiger partial charge >= 0.3 is 0 Å². The molecule has 0 aliphatic rings. The molecule has 0 aliphatic heterocycles. The van der Waals surface area contributed by atoms with E-state index in [1.807, 2.05) is 19.9 Å². The SMILES string of the molecule is Cc1c(C(=O)COc2ccccc2Cl)c(O)n(CC(C)C)c(=O)c1C#N. The number of nitrogens with zero attached hydrogens (tertiary/aromatic N) is 2. The number of hydrogen-bond donors (Lipinski definition) is 1. The van der Waals surface area contributed by atoms with Crippen molar-refractivity contribution in [3.63, 3.8) is 0 Å². The number of aromatic nitrogens is 1. The van der Waals surface area contributed by atoms with Gasteiger partial charge in [0.15, 0.2) is 6.61 Å².